The molecule has 0 radical (unpaired) electrons. The molecule has 0 aliphatic heterocycles. The molecule has 1 aromatic heterocycles. The minimum Gasteiger partial charge on any atom is -0.481 e. The lowest BCUT2D eigenvalue weighted by Gasteiger charge is -2.26. The fourth-order valence-electron chi connectivity index (χ4n) is 3.20. The molecule has 1 aliphatic rings. The van der Waals surface area contributed by atoms with Crippen molar-refractivity contribution in [2.24, 2.45) is 13.0 Å². The highest BCUT2D eigenvalue weighted by atomic mass is 16.4. The summed E-state index contributed by atoms with van der Waals surface area (Å²) >= 11 is 0. The van der Waals surface area contributed by atoms with E-state index in [4.69, 9.17) is 5.11 Å². The van der Waals surface area contributed by atoms with Gasteiger partial charge in [-0.1, -0.05) is 18.2 Å². The Morgan fingerprint density at radius 2 is 2.05 bits per heavy atom. The molecule has 21 heavy (non-hydrogen) atoms. The van der Waals surface area contributed by atoms with E-state index in [1.54, 1.807) is 0 Å². The molecule has 0 spiro atoms. The Bertz CT molecular complexity index is 642. The number of fused-ring (bicyclic) bond motifs is 1. The Kier molecular flexibility index (Phi) is 3.92. The second-order valence-electron chi connectivity index (χ2n) is 5.86. The van der Waals surface area contributed by atoms with E-state index < -0.39 is 5.97 Å². The highest BCUT2D eigenvalue weighted by Gasteiger charge is 2.25. The largest absolute Gasteiger partial charge is 0.481 e. The van der Waals surface area contributed by atoms with Gasteiger partial charge >= 0.3 is 5.97 Å². The number of rotatable bonds is 4. The molecule has 5 heteroatoms. The van der Waals surface area contributed by atoms with Crippen LogP contribution >= 0.6 is 0 Å². The maximum absolute atomic E-state index is 11.0. The highest BCUT2D eigenvalue weighted by Crippen LogP contribution is 2.25. The molecule has 3 rings (SSSR count). The monoisotopic (exact) mass is 287 g/mol. The molecule has 5 nitrogen and oxygen atoms in total. The van der Waals surface area contributed by atoms with E-state index in [9.17, 15) is 4.79 Å². The number of hydrogen-bond acceptors (Lipinski definition) is 3. The zero-order chi connectivity index (χ0) is 14.8. The first-order valence-electron chi connectivity index (χ1n) is 7.52. The summed E-state index contributed by atoms with van der Waals surface area (Å²) < 4.78 is 1.91. The zero-order valence-electron chi connectivity index (χ0n) is 12.2. The molecule has 0 unspecified atom stereocenters. The quantitative estimate of drug-likeness (QED) is 0.905. The topological polar surface area (TPSA) is 67.2 Å². The maximum Gasteiger partial charge on any atom is 0.306 e. The van der Waals surface area contributed by atoms with Gasteiger partial charge in [-0.25, -0.2) is 0 Å². The number of carboxylic acid groups (broad SMARTS) is 1. The van der Waals surface area contributed by atoms with Crippen molar-refractivity contribution in [3.63, 3.8) is 0 Å². The summed E-state index contributed by atoms with van der Waals surface area (Å²) in [5, 5.41) is 18.3. The Hall–Kier alpha value is -1.88. The van der Waals surface area contributed by atoms with Gasteiger partial charge in [0, 0.05) is 25.0 Å². The third-order valence-corrected chi connectivity index (χ3v) is 4.47. The lowest BCUT2D eigenvalue weighted by molar-refractivity contribution is -0.142. The number of aliphatic carboxylic acids is 1. The Labute approximate surface area is 124 Å². The fourth-order valence-corrected chi connectivity index (χ4v) is 3.20. The van der Waals surface area contributed by atoms with Gasteiger partial charge in [-0.3, -0.25) is 9.48 Å². The summed E-state index contributed by atoms with van der Waals surface area (Å²) in [5.41, 5.74) is 2.21. The molecule has 1 saturated carbocycles. The van der Waals surface area contributed by atoms with Gasteiger partial charge in [0.2, 0.25) is 0 Å². The van der Waals surface area contributed by atoms with Gasteiger partial charge in [0.25, 0.3) is 0 Å². The number of aryl methyl sites for hydroxylation is 1. The van der Waals surface area contributed by atoms with Crippen molar-refractivity contribution >= 4 is 16.9 Å². The predicted octanol–water partition coefficient (Wildman–Crippen LogP) is 2.31. The van der Waals surface area contributed by atoms with E-state index in [1.165, 1.54) is 5.39 Å². The van der Waals surface area contributed by atoms with Crippen LogP contribution in [0.2, 0.25) is 0 Å². The number of carbonyl (C=O) groups is 1. The average molecular weight is 287 g/mol. The summed E-state index contributed by atoms with van der Waals surface area (Å²) in [6, 6.07) is 8.63. The van der Waals surface area contributed by atoms with Crippen LogP contribution in [0.5, 0.6) is 0 Å². The van der Waals surface area contributed by atoms with E-state index in [-0.39, 0.29) is 5.92 Å². The molecule has 112 valence electrons. The SMILES string of the molecule is Cn1nc(CNC2CCC(C(=O)O)CC2)c2ccccc21. The second kappa shape index (κ2) is 5.85. The van der Waals surface area contributed by atoms with Gasteiger partial charge in [0.05, 0.1) is 17.1 Å². The van der Waals surface area contributed by atoms with Gasteiger partial charge in [-0.05, 0) is 31.7 Å². The number of para-hydroxylation sites is 1. The lowest BCUT2D eigenvalue weighted by atomic mass is 9.86. The fraction of sp³-hybridized carbons (Fsp3) is 0.500. The van der Waals surface area contributed by atoms with Crippen molar-refractivity contribution in [1.82, 2.24) is 15.1 Å². The molecular formula is C16H21N3O2. The number of nitrogens with zero attached hydrogens (tertiary/aromatic N) is 2. The summed E-state index contributed by atoms with van der Waals surface area (Å²) in [6.45, 7) is 0.740. The summed E-state index contributed by atoms with van der Waals surface area (Å²) in [7, 11) is 1.96. The molecule has 0 bridgehead atoms. The first kappa shape index (κ1) is 14.1. The number of nitrogens with one attached hydrogen (secondary N) is 1. The Morgan fingerprint density at radius 1 is 1.33 bits per heavy atom. The van der Waals surface area contributed by atoms with Crippen molar-refractivity contribution in [1.29, 1.82) is 0 Å². The van der Waals surface area contributed by atoms with Gasteiger partial charge in [-0.2, -0.15) is 5.10 Å². The molecule has 1 fully saturated rings. The minimum absolute atomic E-state index is 0.154. The molecule has 1 aliphatic carbocycles. The van der Waals surface area contributed by atoms with E-state index >= 15 is 0 Å². The summed E-state index contributed by atoms with van der Waals surface area (Å²) in [5.74, 6) is -0.803. The Morgan fingerprint density at radius 3 is 2.76 bits per heavy atom. The minimum atomic E-state index is -0.649. The van der Waals surface area contributed by atoms with E-state index in [2.05, 4.69) is 22.5 Å². The smallest absolute Gasteiger partial charge is 0.306 e. The lowest BCUT2D eigenvalue weighted by Crippen LogP contribution is -2.34. The summed E-state index contributed by atoms with van der Waals surface area (Å²) in [6.07, 6.45) is 3.41. The van der Waals surface area contributed by atoms with Crippen molar-refractivity contribution in [2.45, 2.75) is 38.3 Å². The molecule has 2 N–H and O–H groups in total. The third-order valence-electron chi connectivity index (χ3n) is 4.47. The molecular weight excluding hydrogens is 266 g/mol. The highest BCUT2D eigenvalue weighted by molar-refractivity contribution is 5.81. The van der Waals surface area contributed by atoms with Crippen LogP contribution in [0.25, 0.3) is 10.9 Å². The normalized spacial score (nSPS) is 22.5. The van der Waals surface area contributed by atoms with Crippen molar-refractivity contribution in [3.05, 3.63) is 30.0 Å². The van der Waals surface area contributed by atoms with Crippen LogP contribution in [0.4, 0.5) is 0 Å². The van der Waals surface area contributed by atoms with Crippen LogP contribution in [0.3, 0.4) is 0 Å². The van der Waals surface area contributed by atoms with Crippen LogP contribution in [-0.2, 0) is 18.4 Å². The van der Waals surface area contributed by atoms with Crippen LogP contribution < -0.4 is 5.32 Å². The molecule has 0 saturated heterocycles. The molecule has 1 heterocycles. The van der Waals surface area contributed by atoms with Crippen LogP contribution in [0.1, 0.15) is 31.4 Å². The van der Waals surface area contributed by atoms with Crippen LogP contribution in [-0.4, -0.2) is 26.9 Å². The molecule has 0 atom stereocenters. The number of aromatic nitrogens is 2. The molecule has 0 amide bonds. The number of hydrogen-bond donors (Lipinski definition) is 2. The van der Waals surface area contributed by atoms with Gasteiger partial charge in [0.1, 0.15) is 0 Å². The van der Waals surface area contributed by atoms with Gasteiger partial charge in [0.15, 0.2) is 0 Å². The average Bonchev–Trinajstić information content (AvgIpc) is 2.83. The molecule has 1 aromatic carbocycles. The third kappa shape index (κ3) is 2.93. The first-order chi connectivity index (χ1) is 10.1. The van der Waals surface area contributed by atoms with Crippen LogP contribution in [0.15, 0.2) is 24.3 Å². The van der Waals surface area contributed by atoms with Gasteiger partial charge in [-0.15, -0.1) is 0 Å². The zero-order valence-corrected chi connectivity index (χ0v) is 12.2. The van der Waals surface area contributed by atoms with Crippen LogP contribution in [0, 0.1) is 5.92 Å². The van der Waals surface area contributed by atoms with Gasteiger partial charge < -0.3 is 10.4 Å². The van der Waals surface area contributed by atoms with E-state index in [0.717, 1.165) is 43.4 Å². The second-order valence-corrected chi connectivity index (χ2v) is 5.86. The predicted molar refractivity (Wildman–Crippen MR) is 80.9 cm³/mol. The molecule has 2 aromatic rings. The van der Waals surface area contributed by atoms with Crippen molar-refractivity contribution in [3.8, 4) is 0 Å². The van der Waals surface area contributed by atoms with E-state index in [0.29, 0.717) is 6.04 Å². The summed E-state index contributed by atoms with van der Waals surface area (Å²) in [4.78, 5) is 11.0. The van der Waals surface area contributed by atoms with E-state index in [1.807, 2.05) is 23.9 Å². The van der Waals surface area contributed by atoms with Crippen molar-refractivity contribution in [2.75, 3.05) is 0 Å². The maximum atomic E-state index is 11.0. The number of benzene rings is 1. The Balaban J connectivity index is 1.61. The number of carboxylic acids is 1. The van der Waals surface area contributed by atoms with Crippen molar-refractivity contribution < 1.29 is 9.90 Å². The standard InChI is InChI=1S/C16H21N3O2/c1-19-15-5-3-2-4-13(15)14(18-19)10-17-12-8-6-11(7-9-12)16(20)21/h2-5,11-12,17H,6-10H2,1H3,(H,20,21). The first-order valence-corrected chi connectivity index (χ1v) is 7.52.